The summed E-state index contributed by atoms with van der Waals surface area (Å²) in [4.78, 5) is 37.6. The third-order valence-electron chi connectivity index (χ3n) is 3.53. The van der Waals surface area contributed by atoms with Gasteiger partial charge in [-0.3, -0.25) is 4.79 Å². The molecule has 0 aliphatic carbocycles. The summed E-state index contributed by atoms with van der Waals surface area (Å²) in [6.07, 6.45) is 1.01. The molecule has 7 heteroatoms. The van der Waals surface area contributed by atoms with Crippen molar-refractivity contribution in [1.29, 1.82) is 0 Å². The van der Waals surface area contributed by atoms with E-state index in [1.807, 2.05) is 19.9 Å². The summed E-state index contributed by atoms with van der Waals surface area (Å²) in [6.45, 7) is 3.69. The minimum atomic E-state index is -0.711. The topological polar surface area (TPSA) is 97.5 Å². The van der Waals surface area contributed by atoms with Crippen LogP contribution in [-0.4, -0.2) is 31.1 Å². The normalized spacial score (nSPS) is 11.2. The number of ether oxygens (including phenoxy) is 2. The molecule has 0 bridgehead atoms. The lowest BCUT2D eigenvalue weighted by Gasteiger charge is -2.13. The number of hydrogen-bond donors (Lipinski definition) is 2. The highest BCUT2D eigenvalue weighted by Gasteiger charge is 2.14. The maximum Gasteiger partial charge on any atom is 0.354 e. The fourth-order valence-electron chi connectivity index (χ4n) is 2.29. The fraction of sp³-hybridized carbons (Fsp3) is 0.235. The first kappa shape index (κ1) is 17.3. The van der Waals surface area contributed by atoms with Gasteiger partial charge in [0.05, 0.1) is 25.8 Å². The van der Waals surface area contributed by atoms with Crippen LogP contribution in [0.3, 0.4) is 0 Å². The maximum atomic E-state index is 11.8. The lowest BCUT2D eigenvalue weighted by atomic mass is 10.1. The largest absolute Gasteiger partial charge is 0.466 e. The highest BCUT2D eigenvalue weighted by atomic mass is 16.5. The maximum absolute atomic E-state index is 11.8. The summed E-state index contributed by atoms with van der Waals surface area (Å²) in [6, 6.07) is 5.11. The van der Waals surface area contributed by atoms with Crippen LogP contribution in [0.15, 0.2) is 34.8 Å². The first-order valence-corrected chi connectivity index (χ1v) is 7.15. The van der Waals surface area contributed by atoms with Gasteiger partial charge in [-0.1, -0.05) is 0 Å². The van der Waals surface area contributed by atoms with E-state index in [0.29, 0.717) is 11.2 Å². The van der Waals surface area contributed by atoms with Gasteiger partial charge >= 0.3 is 11.9 Å². The Hall–Kier alpha value is -3.09. The molecule has 0 aliphatic heterocycles. The molecule has 0 saturated carbocycles. The Morgan fingerprint density at radius 3 is 2.42 bits per heavy atom. The van der Waals surface area contributed by atoms with Crippen LogP contribution in [0.25, 0.3) is 10.9 Å². The number of fused-ring (bicyclic) bond motifs is 1. The quantitative estimate of drug-likeness (QED) is 0.655. The highest BCUT2D eigenvalue weighted by Crippen LogP contribution is 2.25. The van der Waals surface area contributed by atoms with Crippen molar-refractivity contribution in [1.82, 2.24) is 4.98 Å². The second-order valence-electron chi connectivity index (χ2n) is 5.23. The lowest BCUT2D eigenvalue weighted by Crippen LogP contribution is -2.16. The minimum Gasteiger partial charge on any atom is -0.466 e. The molecule has 2 N–H and O–H groups in total. The molecule has 1 aromatic carbocycles. The van der Waals surface area contributed by atoms with E-state index >= 15 is 0 Å². The van der Waals surface area contributed by atoms with Gasteiger partial charge in [0, 0.05) is 17.1 Å². The number of esters is 2. The summed E-state index contributed by atoms with van der Waals surface area (Å²) in [5.74, 6) is -1.40. The van der Waals surface area contributed by atoms with Gasteiger partial charge in [0.2, 0.25) is 5.56 Å². The van der Waals surface area contributed by atoms with Gasteiger partial charge in [-0.15, -0.1) is 0 Å². The number of aromatic amines is 1. The molecule has 0 spiro atoms. The fourth-order valence-corrected chi connectivity index (χ4v) is 2.29. The molecule has 0 unspecified atom stereocenters. The predicted molar refractivity (Wildman–Crippen MR) is 89.8 cm³/mol. The molecule has 0 saturated heterocycles. The number of aromatic nitrogens is 1. The van der Waals surface area contributed by atoms with Gasteiger partial charge < -0.3 is 19.8 Å². The Morgan fingerprint density at radius 2 is 1.79 bits per heavy atom. The van der Waals surface area contributed by atoms with E-state index < -0.39 is 11.9 Å². The van der Waals surface area contributed by atoms with Crippen molar-refractivity contribution in [3.05, 3.63) is 51.5 Å². The molecule has 7 nitrogen and oxygen atoms in total. The molecule has 24 heavy (non-hydrogen) atoms. The third kappa shape index (κ3) is 3.62. The van der Waals surface area contributed by atoms with E-state index in [2.05, 4.69) is 19.8 Å². The molecule has 0 atom stereocenters. The molecule has 0 amide bonds. The molecule has 2 rings (SSSR count). The van der Waals surface area contributed by atoms with Crippen LogP contribution in [0.2, 0.25) is 0 Å². The second kappa shape index (κ2) is 6.99. The zero-order chi connectivity index (χ0) is 17.9. The number of carbonyl (C=O) groups is 2. The molecule has 1 aromatic heterocycles. The van der Waals surface area contributed by atoms with Crippen molar-refractivity contribution in [2.24, 2.45) is 0 Å². The number of anilines is 1. The van der Waals surface area contributed by atoms with Gasteiger partial charge in [0.15, 0.2) is 0 Å². The molecular weight excluding hydrogens is 312 g/mol. The highest BCUT2D eigenvalue weighted by molar-refractivity contribution is 5.99. The Balaban J connectivity index is 2.52. The summed E-state index contributed by atoms with van der Waals surface area (Å²) < 4.78 is 9.19. The first-order valence-electron chi connectivity index (χ1n) is 7.15. The lowest BCUT2D eigenvalue weighted by molar-refractivity contribution is -0.138. The average Bonchev–Trinajstić information content (AvgIpc) is 2.54. The number of nitrogens with one attached hydrogen (secondary N) is 2. The van der Waals surface area contributed by atoms with E-state index in [9.17, 15) is 14.4 Å². The molecular formula is C17H18N2O5. The summed E-state index contributed by atoms with van der Waals surface area (Å²) in [5.41, 5.74) is 2.58. The average molecular weight is 330 g/mol. The van der Waals surface area contributed by atoms with E-state index in [4.69, 9.17) is 0 Å². The Morgan fingerprint density at radius 1 is 1.08 bits per heavy atom. The Kier molecular flexibility index (Phi) is 5.03. The van der Waals surface area contributed by atoms with Gasteiger partial charge in [-0.2, -0.15) is 0 Å². The van der Waals surface area contributed by atoms with Crippen LogP contribution in [0.1, 0.15) is 11.1 Å². The number of carbonyl (C=O) groups excluding carboxylic acids is 2. The number of aryl methyl sites for hydroxylation is 2. The standard InChI is InChI=1S/C17H18N2O5/c1-9-6-15(20)19-13-7-12(10(2)5-11(9)13)18-14(17(22)24-4)8-16(21)23-3/h5-8,18H,1-4H3,(H,19,20)/b14-8+. The number of H-pyrrole nitrogens is 1. The summed E-state index contributed by atoms with van der Waals surface area (Å²) >= 11 is 0. The number of benzene rings is 1. The molecule has 2 aromatic rings. The number of methoxy groups -OCH3 is 2. The molecule has 0 fully saturated rings. The van der Waals surface area contributed by atoms with Crippen LogP contribution in [0.4, 0.5) is 5.69 Å². The van der Waals surface area contributed by atoms with Crippen molar-refractivity contribution in [3.8, 4) is 0 Å². The van der Waals surface area contributed by atoms with Crippen molar-refractivity contribution in [2.75, 3.05) is 19.5 Å². The smallest absolute Gasteiger partial charge is 0.354 e. The predicted octanol–water partition coefficient (Wildman–Crippen LogP) is 1.79. The first-order chi connectivity index (χ1) is 11.3. The van der Waals surface area contributed by atoms with Gasteiger partial charge in [0.25, 0.3) is 0 Å². The number of rotatable bonds is 4. The monoisotopic (exact) mass is 330 g/mol. The van der Waals surface area contributed by atoms with Crippen LogP contribution >= 0.6 is 0 Å². The van der Waals surface area contributed by atoms with Crippen molar-refractivity contribution in [3.63, 3.8) is 0 Å². The van der Waals surface area contributed by atoms with Crippen LogP contribution in [-0.2, 0) is 19.1 Å². The van der Waals surface area contributed by atoms with E-state index in [1.54, 1.807) is 6.07 Å². The van der Waals surface area contributed by atoms with E-state index in [-0.39, 0.29) is 11.3 Å². The van der Waals surface area contributed by atoms with E-state index in [1.165, 1.54) is 20.3 Å². The van der Waals surface area contributed by atoms with Crippen molar-refractivity contribution < 1.29 is 19.1 Å². The summed E-state index contributed by atoms with van der Waals surface area (Å²) in [7, 11) is 2.42. The number of pyridine rings is 1. The zero-order valence-corrected chi connectivity index (χ0v) is 13.9. The van der Waals surface area contributed by atoms with Crippen LogP contribution in [0.5, 0.6) is 0 Å². The third-order valence-corrected chi connectivity index (χ3v) is 3.53. The van der Waals surface area contributed by atoms with Crippen molar-refractivity contribution in [2.45, 2.75) is 13.8 Å². The molecule has 0 radical (unpaired) electrons. The van der Waals surface area contributed by atoms with Crippen LogP contribution in [0, 0.1) is 13.8 Å². The number of hydrogen-bond acceptors (Lipinski definition) is 6. The molecule has 1 heterocycles. The Labute approximate surface area is 138 Å². The summed E-state index contributed by atoms with van der Waals surface area (Å²) in [5, 5.41) is 3.76. The second-order valence-corrected chi connectivity index (χ2v) is 5.23. The van der Waals surface area contributed by atoms with Crippen molar-refractivity contribution >= 4 is 28.5 Å². The zero-order valence-electron chi connectivity index (χ0n) is 13.9. The minimum absolute atomic E-state index is 0.0678. The molecule has 0 aliphatic rings. The van der Waals surface area contributed by atoms with Gasteiger partial charge in [-0.25, -0.2) is 9.59 Å². The van der Waals surface area contributed by atoms with Gasteiger partial charge in [-0.05, 0) is 37.1 Å². The Bertz CT molecular complexity index is 896. The van der Waals surface area contributed by atoms with Gasteiger partial charge in [0.1, 0.15) is 5.70 Å². The SMILES string of the molecule is COC(=O)/C=C(/Nc1cc2[nH]c(=O)cc(C)c2cc1C)C(=O)OC. The van der Waals surface area contributed by atoms with Crippen LogP contribution < -0.4 is 10.9 Å². The van der Waals surface area contributed by atoms with E-state index in [0.717, 1.165) is 22.6 Å². The molecule has 126 valence electrons.